The molecule has 0 radical (unpaired) electrons. The zero-order valence-corrected chi connectivity index (χ0v) is 19.3. The van der Waals surface area contributed by atoms with Crippen LogP contribution in [0.5, 0.6) is 5.75 Å². The summed E-state index contributed by atoms with van der Waals surface area (Å²) in [5, 5.41) is 4.66. The van der Waals surface area contributed by atoms with Crippen LogP contribution in [-0.2, 0) is 4.57 Å². The molecule has 1 unspecified atom stereocenters. The van der Waals surface area contributed by atoms with Crippen LogP contribution in [0.1, 0.15) is 22.0 Å². The van der Waals surface area contributed by atoms with Gasteiger partial charge in [0.25, 0.3) is 5.91 Å². The van der Waals surface area contributed by atoms with E-state index in [1.807, 2.05) is 103 Å². The fourth-order valence-electron chi connectivity index (χ4n) is 3.86. The molecule has 0 spiro atoms. The number of ether oxygens (including phenoxy) is 1. The van der Waals surface area contributed by atoms with Crippen molar-refractivity contribution in [1.82, 2.24) is 5.32 Å². The molecular formula is C28H26NO3P. The van der Waals surface area contributed by atoms with Crippen molar-refractivity contribution in [2.45, 2.75) is 6.04 Å². The topological polar surface area (TPSA) is 55.4 Å². The Kier molecular flexibility index (Phi) is 7.07. The van der Waals surface area contributed by atoms with Crippen molar-refractivity contribution >= 4 is 23.7 Å². The van der Waals surface area contributed by atoms with Gasteiger partial charge in [-0.05, 0) is 29.8 Å². The molecule has 1 atom stereocenters. The van der Waals surface area contributed by atoms with Crippen molar-refractivity contribution in [3.05, 3.63) is 126 Å². The van der Waals surface area contributed by atoms with Crippen molar-refractivity contribution in [1.29, 1.82) is 0 Å². The molecule has 0 saturated carbocycles. The van der Waals surface area contributed by atoms with Gasteiger partial charge in [0.2, 0.25) is 0 Å². The Hall–Kier alpha value is -3.62. The van der Waals surface area contributed by atoms with Gasteiger partial charge in [-0.2, -0.15) is 0 Å². The van der Waals surface area contributed by atoms with Crippen molar-refractivity contribution in [2.75, 3.05) is 13.3 Å². The number of carbonyl (C=O) groups excluding carboxylic acids is 1. The molecule has 0 fully saturated rings. The molecule has 5 heteroatoms. The highest BCUT2D eigenvalue weighted by Crippen LogP contribution is 2.46. The Bertz CT molecular complexity index is 1180. The molecule has 0 aliphatic rings. The lowest BCUT2D eigenvalue weighted by Crippen LogP contribution is -2.33. The summed E-state index contributed by atoms with van der Waals surface area (Å²) >= 11 is 0. The maximum atomic E-state index is 14.7. The van der Waals surface area contributed by atoms with E-state index in [1.54, 1.807) is 19.2 Å². The van der Waals surface area contributed by atoms with E-state index < -0.39 is 13.2 Å². The quantitative estimate of drug-likeness (QED) is 0.373. The molecule has 166 valence electrons. The summed E-state index contributed by atoms with van der Waals surface area (Å²) in [6.45, 7) is 0. The minimum atomic E-state index is -3.06. The molecule has 0 bridgehead atoms. The third kappa shape index (κ3) is 5.24. The molecule has 4 nitrogen and oxygen atoms in total. The van der Waals surface area contributed by atoms with E-state index in [0.717, 1.165) is 21.9 Å². The number of methoxy groups -OCH3 is 1. The molecule has 0 aromatic heterocycles. The Balaban J connectivity index is 1.76. The van der Waals surface area contributed by atoms with Crippen LogP contribution in [0.3, 0.4) is 0 Å². The minimum Gasteiger partial charge on any atom is -0.497 e. The highest BCUT2D eigenvalue weighted by Gasteiger charge is 2.32. The van der Waals surface area contributed by atoms with Crippen molar-refractivity contribution in [3.63, 3.8) is 0 Å². The molecule has 0 aliphatic carbocycles. The monoisotopic (exact) mass is 455 g/mol. The number of hydrogen-bond acceptors (Lipinski definition) is 3. The third-order valence-corrected chi connectivity index (χ3v) is 8.79. The van der Waals surface area contributed by atoms with Crippen LogP contribution in [-0.4, -0.2) is 19.2 Å². The third-order valence-electron chi connectivity index (χ3n) is 5.65. The SMILES string of the molecule is COc1ccc(C(CP(=O)(c2ccccc2)c2ccccc2)NC(=O)c2ccccc2)cc1. The van der Waals surface area contributed by atoms with E-state index in [1.165, 1.54) is 0 Å². The standard InChI is InChI=1S/C28H26NO3P/c1-32-24-19-17-22(18-20-24)27(29-28(30)23-11-5-2-6-12-23)21-33(31,25-13-7-3-8-14-25)26-15-9-4-10-16-26/h2-20,27H,21H2,1H3,(H,29,30). The Morgan fingerprint density at radius 1 is 0.758 bits per heavy atom. The summed E-state index contributed by atoms with van der Waals surface area (Å²) in [5.74, 6) is 0.519. The lowest BCUT2D eigenvalue weighted by atomic mass is 10.1. The van der Waals surface area contributed by atoms with Gasteiger partial charge in [0, 0.05) is 22.3 Å². The summed E-state index contributed by atoms with van der Waals surface area (Å²) in [7, 11) is -1.44. The Labute approximate surface area is 194 Å². The molecular weight excluding hydrogens is 429 g/mol. The number of carbonyl (C=O) groups is 1. The summed E-state index contributed by atoms with van der Waals surface area (Å²) in [6, 6.07) is 35.2. The van der Waals surface area contributed by atoms with Crippen LogP contribution in [0.15, 0.2) is 115 Å². The van der Waals surface area contributed by atoms with E-state index in [0.29, 0.717) is 5.56 Å². The van der Waals surface area contributed by atoms with Gasteiger partial charge in [0.1, 0.15) is 12.9 Å². The predicted octanol–water partition coefficient (Wildman–Crippen LogP) is 5.18. The zero-order valence-electron chi connectivity index (χ0n) is 18.4. The molecule has 4 aromatic rings. The van der Waals surface area contributed by atoms with Crippen LogP contribution in [0.4, 0.5) is 0 Å². The minimum absolute atomic E-state index is 0.205. The van der Waals surface area contributed by atoms with E-state index >= 15 is 0 Å². The largest absolute Gasteiger partial charge is 0.497 e. The number of nitrogens with one attached hydrogen (secondary N) is 1. The van der Waals surface area contributed by atoms with Gasteiger partial charge in [-0.3, -0.25) is 4.79 Å². The fourth-order valence-corrected chi connectivity index (χ4v) is 6.70. The summed E-state index contributed by atoms with van der Waals surface area (Å²) in [6.07, 6.45) is 0.256. The molecule has 33 heavy (non-hydrogen) atoms. The van der Waals surface area contributed by atoms with Crippen LogP contribution in [0.25, 0.3) is 0 Å². The lowest BCUT2D eigenvalue weighted by molar-refractivity contribution is 0.0940. The van der Waals surface area contributed by atoms with Gasteiger partial charge in [0.05, 0.1) is 13.2 Å². The highest BCUT2D eigenvalue weighted by atomic mass is 31.2. The van der Waals surface area contributed by atoms with Gasteiger partial charge in [0.15, 0.2) is 0 Å². The first-order valence-electron chi connectivity index (χ1n) is 10.8. The Morgan fingerprint density at radius 2 is 1.24 bits per heavy atom. The Morgan fingerprint density at radius 3 is 1.73 bits per heavy atom. The molecule has 1 N–H and O–H groups in total. The number of hydrogen-bond donors (Lipinski definition) is 1. The van der Waals surface area contributed by atoms with Crippen molar-refractivity contribution in [3.8, 4) is 5.75 Å². The van der Waals surface area contributed by atoms with Gasteiger partial charge in [-0.1, -0.05) is 91.0 Å². The molecule has 0 heterocycles. The summed E-state index contributed by atoms with van der Waals surface area (Å²) in [5.41, 5.74) is 1.43. The summed E-state index contributed by atoms with van der Waals surface area (Å²) < 4.78 is 20.0. The fraction of sp³-hybridized carbons (Fsp3) is 0.107. The number of benzene rings is 4. The molecule has 4 aromatic carbocycles. The molecule has 1 amide bonds. The van der Waals surface area contributed by atoms with Crippen molar-refractivity contribution < 1.29 is 14.1 Å². The van der Waals surface area contributed by atoms with E-state index in [2.05, 4.69) is 5.32 Å². The molecule has 4 rings (SSSR count). The van der Waals surface area contributed by atoms with Gasteiger partial charge in [-0.15, -0.1) is 0 Å². The second kappa shape index (κ2) is 10.3. The number of amides is 1. The normalized spacial score (nSPS) is 12.0. The van der Waals surface area contributed by atoms with E-state index in [9.17, 15) is 9.36 Å². The van der Waals surface area contributed by atoms with Gasteiger partial charge >= 0.3 is 0 Å². The van der Waals surface area contributed by atoms with Crippen LogP contribution in [0, 0.1) is 0 Å². The smallest absolute Gasteiger partial charge is 0.251 e. The number of rotatable bonds is 8. The van der Waals surface area contributed by atoms with E-state index in [-0.39, 0.29) is 12.1 Å². The maximum absolute atomic E-state index is 14.7. The first kappa shape index (κ1) is 22.6. The first-order chi connectivity index (χ1) is 16.1. The second-order valence-electron chi connectivity index (χ2n) is 7.76. The molecule has 0 aliphatic heterocycles. The maximum Gasteiger partial charge on any atom is 0.251 e. The average Bonchev–Trinajstić information content (AvgIpc) is 2.89. The van der Waals surface area contributed by atoms with Gasteiger partial charge < -0.3 is 14.6 Å². The zero-order chi connectivity index (χ0) is 23.1. The van der Waals surface area contributed by atoms with Crippen LogP contribution in [0.2, 0.25) is 0 Å². The lowest BCUT2D eigenvalue weighted by Gasteiger charge is -2.26. The average molecular weight is 455 g/mol. The second-order valence-corrected chi connectivity index (χ2v) is 10.6. The van der Waals surface area contributed by atoms with Gasteiger partial charge in [-0.25, -0.2) is 0 Å². The summed E-state index contributed by atoms with van der Waals surface area (Å²) in [4.78, 5) is 13.1. The predicted molar refractivity (Wildman–Crippen MR) is 134 cm³/mol. The van der Waals surface area contributed by atoms with Crippen LogP contribution >= 0.6 is 7.14 Å². The van der Waals surface area contributed by atoms with Crippen LogP contribution < -0.4 is 20.7 Å². The van der Waals surface area contributed by atoms with E-state index in [4.69, 9.17) is 4.74 Å². The molecule has 0 saturated heterocycles. The van der Waals surface area contributed by atoms with Crippen molar-refractivity contribution in [2.24, 2.45) is 0 Å². The highest BCUT2D eigenvalue weighted by molar-refractivity contribution is 7.78. The first-order valence-corrected chi connectivity index (χ1v) is 12.7.